The lowest BCUT2D eigenvalue weighted by Crippen LogP contribution is -2.35. The molecule has 0 bridgehead atoms. The van der Waals surface area contributed by atoms with Gasteiger partial charge < -0.3 is 4.90 Å². The van der Waals surface area contributed by atoms with Crippen LogP contribution in [0.1, 0.15) is 21.5 Å². The summed E-state index contributed by atoms with van der Waals surface area (Å²) >= 11 is 0. The lowest BCUT2D eigenvalue weighted by Gasteiger charge is -2.26. The quantitative estimate of drug-likeness (QED) is 0.867. The van der Waals surface area contributed by atoms with Gasteiger partial charge >= 0.3 is 0 Å². The van der Waals surface area contributed by atoms with Crippen LogP contribution >= 0.6 is 0 Å². The lowest BCUT2D eigenvalue weighted by molar-refractivity contribution is 0.0780. The Bertz CT molecular complexity index is 1080. The van der Waals surface area contributed by atoms with E-state index >= 15 is 0 Å². The normalized spacial score (nSPS) is 13.9. The molecule has 140 valence electrons. The molecule has 0 aliphatic carbocycles. The molecule has 0 saturated carbocycles. The van der Waals surface area contributed by atoms with Gasteiger partial charge in [0, 0.05) is 30.8 Å². The van der Waals surface area contributed by atoms with Gasteiger partial charge in [0.2, 0.25) is 0 Å². The van der Waals surface area contributed by atoms with Gasteiger partial charge in [0.05, 0.1) is 23.1 Å². The predicted octanol–water partition coefficient (Wildman–Crippen LogP) is 2.46. The van der Waals surface area contributed by atoms with Gasteiger partial charge in [-0.15, -0.1) is 0 Å². The van der Waals surface area contributed by atoms with Crippen molar-refractivity contribution in [3.8, 4) is 6.07 Å². The number of benzene rings is 2. The molecule has 3 rings (SSSR count). The molecule has 2 aromatic rings. The molecule has 9 heteroatoms. The first-order chi connectivity index (χ1) is 12.7. The third-order valence-electron chi connectivity index (χ3n) is 4.35. The number of halogens is 2. The van der Waals surface area contributed by atoms with Crippen molar-refractivity contribution in [2.45, 2.75) is 17.7 Å². The zero-order valence-electron chi connectivity index (χ0n) is 14.3. The van der Waals surface area contributed by atoms with Gasteiger partial charge in [0.25, 0.3) is 15.9 Å². The maximum absolute atomic E-state index is 14.2. The van der Waals surface area contributed by atoms with Gasteiger partial charge in [-0.3, -0.25) is 9.52 Å². The first-order valence-corrected chi connectivity index (χ1v) is 9.48. The van der Waals surface area contributed by atoms with E-state index in [2.05, 4.69) is 0 Å². The van der Waals surface area contributed by atoms with Gasteiger partial charge in [-0.1, -0.05) is 6.07 Å². The summed E-state index contributed by atoms with van der Waals surface area (Å²) in [6.45, 7) is 0.351. The number of fused-ring (bicyclic) bond motifs is 1. The van der Waals surface area contributed by atoms with E-state index in [-0.39, 0.29) is 28.4 Å². The average Bonchev–Trinajstić information content (AvgIpc) is 2.62. The second kappa shape index (κ2) is 6.96. The van der Waals surface area contributed by atoms with E-state index in [9.17, 15) is 22.0 Å². The highest BCUT2D eigenvalue weighted by Gasteiger charge is 2.29. The van der Waals surface area contributed by atoms with E-state index in [0.717, 1.165) is 6.07 Å². The minimum Gasteiger partial charge on any atom is -0.341 e. The number of nitriles is 1. The number of amides is 1. The molecule has 6 nitrogen and oxygen atoms in total. The van der Waals surface area contributed by atoms with Crippen molar-refractivity contribution in [2.24, 2.45) is 0 Å². The van der Waals surface area contributed by atoms with E-state index in [0.29, 0.717) is 24.6 Å². The Hall–Kier alpha value is -2.99. The van der Waals surface area contributed by atoms with E-state index in [1.54, 1.807) is 13.1 Å². The monoisotopic (exact) mass is 391 g/mol. The summed E-state index contributed by atoms with van der Waals surface area (Å²) in [7, 11) is -2.64. The van der Waals surface area contributed by atoms with Crippen LogP contribution < -0.4 is 4.72 Å². The third-order valence-corrected chi connectivity index (χ3v) is 5.80. The van der Waals surface area contributed by atoms with E-state index < -0.39 is 27.3 Å². The number of hydrogen-bond acceptors (Lipinski definition) is 4. The number of hydrogen-bond donors (Lipinski definition) is 1. The first kappa shape index (κ1) is 18.8. The number of rotatable bonds is 4. The molecule has 2 aromatic carbocycles. The molecule has 0 radical (unpaired) electrons. The van der Waals surface area contributed by atoms with Crippen LogP contribution in [0.4, 0.5) is 14.5 Å². The highest BCUT2D eigenvalue weighted by molar-refractivity contribution is 7.92. The van der Waals surface area contributed by atoms with Crippen LogP contribution in [-0.4, -0.2) is 32.8 Å². The highest BCUT2D eigenvalue weighted by atomic mass is 32.2. The SMILES string of the molecule is CN1CCc2c(cccc2S(=O)(=O)Nc2cc(F)c(CC#N)cc2F)C1=O. The molecular weight excluding hydrogens is 376 g/mol. The van der Waals surface area contributed by atoms with Gasteiger partial charge in [-0.25, -0.2) is 17.2 Å². The van der Waals surface area contributed by atoms with Crippen LogP contribution in [0.2, 0.25) is 0 Å². The third kappa shape index (κ3) is 3.48. The summed E-state index contributed by atoms with van der Waals surface area (Å²) in [4.78, 5) is 13.6. The van der Waals surface area contributed by atoms with Crippen LogP contribution in [0.25, 0.3) is 0 Å². The van der Waals surface area contributed by atoms with E-state index in [1.807, 2.05) is 4.72 Å². The van der Waals surface area contributed by atoms with Crippen molar-refractivity contribution in [1.29, 1.82) is 5.26 Å². The number of carbonyl (C=O) groups is 1. The summed E-state index contributed by atoms with van der Waals surface area (Å²) in [5.41, 5.74) is -0.118. The van der Waals surface area contributed by atoms with Crippen molar-refractivity contribution in [2.75, 3.05) is 18.3 Å². The molecular formula is C18H15F2N3O3S. The Morgan fingerprint density at radius 1 is 1.26 bits per heavy atom. The van der Waals surface area contributed by atoms with Crippen molar-refractivity contribution in [3.05, 3.63) is 58.7 Å². The average molecular weight is 391 g/mol. The van der Waals surface area contributed by atoms with Gasteiger partial charge in [0.15, 0.2) is 0 Å². The number of nitrogens with zero attached hydrogens (tertiary/aromatic N) is 2. The first-order valence-electron chi connectivity index (χ1n) is 7.99. The number of carbonyl (C=O) groups excluding carboxylic acids is 1. The molecule has 1 N–H and O–H groups in total. The van der Waals surface area contributed by atoms with Gasteiger partial charge in [0.1, 0.15) is 11.6 Å². The van der Waals surface area contributed by atoms with Crippen LogP contribution in [0.5, 0.6) is 0 Å². The Kier molecular flexibility index (Phi) is 4.85. The Labute approximate surface area is 155 Å². The second-order valence-electron chi connectivity index (χ2n) is 6.12. The van der Waals surface area contributed by atoms with Crippen molar-refractivity contribution in [1.82, 2.24) is 4.90 Å². The molecule has 1 aliphatic heterocycles. The van der Waals surface area contributed by atoms with Gasteiger partial charge in [-0.05, 0) is 30.2 Å². The molecule has 0 unspecified atom stereocenters. The van der Waals surface area contributed by atoms with Crippen LogP contribution in [-0.2, 0) is 22.9 Å². The predicted molar refractivity (Wildman–Crippen MR) is 93.6 cm³/mol. The molecule has 1 aliphatic rings. The molecule has 0 spiro atoms. The molecule has 1 amide bonds. The summed E-state index contributed by atoms with van der Waals surface area (Å²) in [6, 6.07) is 7.47. The molecule has 0 aromatic heterocycles. The zero-order valence-corrected chi connectivity index (χ0v) is 15.1. The smallest absolute Gasteiger partial charge is 0.262 e. The fourth-order valence-corrected chi connectivity index (χ4v) is 4.30. The standard InChI is InChI=1S/C18H15F2N3O3S/c1-23-8-6-12-13(18(23)24)3-2-4-17(12)27(25,26)22-16-10-14(19)11(5-7-21)9-15(16)20/h2-4,9-10,22H,5-6,8H2,1H3. The largest absolute Gasteiger partial charge is 0.341 e. The summed E-state index contributed by atoms with van der Waals surface area (Å²) < 4.78 is 55.7. The second-order valence-corrected chi connectivity index (χ2v) is 7.77. The van der Waals surface area contributed by atoms with E-state index in [1.165, 1.54) is 23.1 Å². The van der Waals surface area contributed by atoms with Crippen molar-refractivity contribution in [3.63, 3.8) is 0 Å². The topological polar surface area (TPSA) is 90.3 Å². The van der Waals surface area contributed by atoms with Crippen molar-refractivity contribution < 1.29 is 22.0 Å². The van der Waals surface area contributed by atoms with Crippen molar-refractivity contribution >= 4 is 21.6 Å². The number of sulfonamides is 1. The maximum atomic E-state index is 14.2. The van der Waals surface area contributed by atoms with E-state index in [4.69, 9.17) is 5.26 Å². The highest BCUT2D eigenvalue weighted by Crippen LogP contribution is 2.28. The zero-order chi connectivity index (χ0) is 19.8. The minimum atomic E-state index is -4.25. The Morgan fingerprint density at radius 2 is 2.00 bits per heavy atom. The Balaban J connectivity index is 2.01. The molecule has 1 heterocycles. The lowest BCUT2D eigenvalue weighted by atomic mass is 9.99. The summed E-state index contributed by atoms with van der Waals surface area (Å²) in [5.74, 6) is -2.18. The minimum absolute atomic E-state index is 0.151. The molecule has 0 fully saturated rings. The van der Waals surface area contributed by atoms with Crippen LogP contribution in [0.15, 0.2) is 35.2 Å². The van der Waals surface area contributed by atoms with Crippen LogP contribution in [0.3, 0.4) is 0 Å². The number of nitrogens with one attached hydrogen (secondary N) is 1. The fraction of sp³-hybridized carbons (Fsp3) is 0.222. The molecule has 27 heavy (non-hydrogen) atoms. The molecule has 0 saturated heterocycles. The Morgan fingerprint density at radius 3 is 2.70 bits per heavy atom. The molecule has 0 atom stereocenters. The number of anilines is 1. The summed E-state index contributed by atoms with van der Waals surface area (Å²) in [6.07, 6.45) is -0.00971. The fourth-order valence-electron chi connectivity index (χ4n) is 2.95. The number of likely N-dealkylation sites (N-methyl/N-ethyl adjacent to an activating group) is 1. The summed E-state index contributed by atoms with van der Waals surface area (Å²) in [5, 5.41) is 8.61. The van der Waals surface area contributed by atoms with Gasteiger partial charge in [-0.2, -0.15) is 5.26 Å². The van der Waals surface area contributed by atoms with Crippen LogP contribution in [0, 0.1) is 23.0 Å². The maximum Gasteiger partial charge on any atom is 0.262 e.